The molecule has 0 spiro atoms. The summed E-state index contributed by atoms with van der Waals surface area (Å²) in [5.74, 6) is 2.73. The van der Waals surface area contributed by atoms with Gasteiger partial charge < -0.3 is 15.1 Å². The largest absolute Gasteiger partial charge is 0.365 e. The SMILES string of the molecule is Cc1cc(NC(C)(C)C)nc(N2CCN(c3ccccn3)CC2)n1. The maximum atomic E-state index is 4.71. The highest BCUT2D eigenvalue weighted by Crippen LogP contribution is 2.20. The number of aromatic nitrogens is 3. The third kappa shape index (κ3) is 4.13. The number of hydrogen-bond acceptors (Lipinski definition) is 6. The van der Waals surface area contributed by atoms with Crippen molar-refractivity contribution < 1.29 is 0 Å². The summed E-state index contributed by atoms with van der Waals surface area (Å²) in [5, 5.41) is 3.44. The minimum Gasteiger partial charge on any atom is -0.365 e. The fourth-order valence-electron chi connectivity index (χ4n) is 2.82. The first kappa shape index (κ1) is 16.5. The van der Waals surface area contributed by atoms with E-state index in [4.69, 9.17) is 4.98 Å². The lowest BCUT2D eigenvalue weighted by Crippen LogP contribution is -2.47. The molecule has 3 rings (SSSR count). The van der Waals surface area contributed by atoms with Gasteiger partial charge in [0.15, 0.2) is 0 Å². The molecule has 0 radical (unpaired) electrons. The van der Waals surface area contributed by atoms with Gasteiger partial charge in [0, 0.05) is 49.7 Å². The Morgan fingerprint density at radius 1 is 1.00 bits per heavy atom. The molecule has 0 saturated carbocycles. The Labute approximate surface area is 143 Å². The second-order valence-electron chi connectivity index (χ2n) is 7.23. The van der Waals surface area contributed by atoms with Gasteiger partial charge in [-0.05, 0) is 39.8 Å². The van der Waals surface area contributed by atoms with E-state index in [0.29, 0.717) is 0 Å². The lowest BCUT2D eigenvalue weighted by atomic mass is 10.1. The van der Waals surface area contributed by atoms with Gasteiger partial charge >= 0.3 is 0 Å². The van der Waals surface area contributed by atoms with Crippen molar-refractivity contribution >= 4 is 17.6 Å². The zero-order valence-corrected chi connectivity index (χ0v) is 15.0. The molecule has 0 aromatic carbocycles. The van der Waals surface area contributed by atoms with Crippen molar-refractivity contribution in [3.8, 4) is 0 Å². The van der Waals surface area contributed by atoms with Crippen LogP contribution in [0.15, 0.2) is 30.5 Å². The van der Waals surface area contributed by atoms with Crippen molar-refractivity contribution in [2.75, 3.05) is 41.3 Å². The molecule has 6 nitrogen and oxygen atoms in total. The molecule has 0 atom stereocenters. The fourth-order valence-corrected chi connectivity index (χ4v) is 2.82. The number of anilines is 3. The van der Waals surface area contributed by atoms with Crippen LogP contribution in [0.1, 0.15) is 26.5 Å². The highest BCUT2D eigenvalue weighted by atomic mass is 15.3. The van der Waals surface area contributed by atoms with Gasteiger partial charge in [-0.3, -0.25) is 0 Å². The van der Waals surface area contributed by atoms with E-state index in [1.54, 1.807) is 0 Å². The molecule has 24 heavy (non-hydrogen) atoms. The third-order valence-electron chi connectivity index (χ3n) is 3.88. The second kappa shape index (κ2) is 6.63. The first-order valence-corrected chi connectivity index (χ1v) is 8.45. The number of piperazine rings is 1. The van der Waals surface area contributed by atoms with Crippen LogP contribution in [0.5, 0.6) is 0 Å². The van der Waals surface area contributed by atoms with Crippen LogP contribution in [-0.2, 0) is 0 Å². The molecule has 0 bridgehead atoms. The molecular weight excluding hydrogens is 300 g/mol. The van der Waals surface area contributed by atoms with E-state index in [1.807, 2.05) is 31.3 Å². The molecule has 2 aromatic heterocycles. The summed E-state index contributed by atoms with van der Waals surface area (Å²) in [7, 11) is 0. The lowest BCUT2D eigenvalue weighted by molar-refractivity contribution is 0.621. The molecule has 2 aromatic rings. The topological polar surface area (TPSA) is 57.2 Å². The van der Waals surface area contributed by atoms with E-state index in [9.17, 15) is 0 Å². The van der Waals surface area contributed by atoms with Crippen LogP contribution in [0.4, 0.5) is 17.6 Å². The molecule has 0 aliphatic carbocycles. The van der Waals surface area contributed by atoms with Gasteiger partial charge in [0.1, 0.15) is 11.6 Å². The van der Waals surface area contributed by atoms with Gasteiger partial charge in [0.2, 0.25) is 5.95 Å². The predicted molar refractivity (Wildman–Crippen MR) is 98.8 cm³/mol. The van der Waals surface area contributed by atoms with Crippen molar-refractivity contribution in [1.82, 2.24) is 15.0 Å². The standard InChI is InChI=1S/C18H26N6/c1-14-13-15(22-18(2,3)4)21-17(20-14)24-11-9-23(10-12-24)16-7-5-6-8-19-16/h5-8,13H,9-12H2,1-4H3,(H,20,21,22). The van der Waals surface area contributed by atoms with Gasteiger partial charge in [-0.15, -0.1) is 0 Å². The highest BCUT2D eigenvalue weighted by Gasteiger charge is 2.21. The van der Waals surface area contributed by atoms with Gasteiger partial charge in [0.05, 0.1) is 0 Å². The van der Waals surface area contributed by atoms with Gasteiger partial charge in [-0.2, -0.15) is 4.98 Å². The number of rotatable bonds is 3. The first-order valence-electron chi connectivity index (χ1n) is 8.45. The second-order valence-corrected chi connectivity index (χ2v) is 7.23. The molecular formula is C18H26N6. The number of nitrogens with zero attached hydrogens (tertiary/aromatic N) is 5. The number of hydrogen-bond donors (Lipinski definition) is 1. The Bertz CT molecular complexity index is 672. The van der Waals surface area contributed by atoms with E-state index in [1.165, 1.54) is 0 Å². The average molecular weight is 326 g/mol. The van der Waals surface area contributed by atoms with Crippen LogP contribution in [0.25, 0.3) is 0 Å². The van der Waals surface area contributed by atoms with Gasteiger partial charge in [0.25, 0.3) is 0 Å². The number of pyridine rings is 1. The molecule has 1 aliphatic heterocycles. The predicted octanol–water partition coefficient (Wildman–Crippen LogP) is 2.72. The van der Waals surface area contributed by atoms with Crippen molar-refractivity contribution in [3.05, 3.63) is 36.2 Å². The van der Waals surface area contributed by atoms with E-state index < -0.39 is 0 Å². The quantitative estimate of drug-likeness (QED) is 0.936. The van der Waals surface area contributed by atoms with Crippen LogP contribution in [0.2, 0.25) is 0 Å². The average Bonchev–Trinajstić information content (AvgIpc) is 2.54. The number of nitrogens with one attached hydrogen (secondary N) is 1. The maximum Gasteiger partial charge on any atom is 0.227 e. The molecule has 128 valence electrons. The van der Waals surface area contributed by atoms with Crippen molar-refractivity contribution in [2.45, 2.75) is 33.2 Å². The molecule has 1 N–H and O–H groups in total. The Kier molecular flexibility index (Phi) is 4.55. The molecule has 0 unspecified atom stereocenters. The third-order valence-corrected chi connectivity index (χ3v) is 3.88. The Morgan fingerprint density at radius 3 is 2.33 bits per heavy atom. The smallest absolute Gasteiger partial charge is 0.227 e. The summed E-state index contributed by atoms with van der Waals surface area (Å²) in [6.07, 6.45) is 1.84. The molecule has 1 aliphatic rings. The molecule has 1 saturated heterocycles. The Hall–Kier alpha value is -2.37. The van der Waals surface area contributed by atoms with Crippen molar-refractivity contribution in [2.24, 2.45) is 0 Å². The molecule has 0 amide bonds. The lowest BCUT2D eigenvalue weighted by Gasteiger charge is -2.35. The van der Waals surface area contributed by atoms with E-state index in [-0.39, 0.29) is 5.54 Å². The summed E-state index contributed by atoms with van der Waals surface area (Å²) < 4.78 is 0. The van der Waals surface area contributed by atoms with Gasteiger partial charge in [-0.25, -0.2) is 9.97 Å². The molecule has 3 heterocycles. The van der Waals surface area contributed by atoms with Crippen LogP contribution >= 0.6 is 0 Å². The molecule has 1 fully saturated rings. The zero-order valence-electron chi connectivity index (χ0n) is 15.0. The molecule has 6 heteroatoms. The summed E-state index contributed by atoms with van der Waals surface area (Å²) >= 11 is 0. The van der Waals surface area contributed by atoms with E-state index >= 15 is 0 Å². The Balaban J connectivity index is 1.70. The normalized spacial score (nSPS) is 15.5. The minimum absolute atomic E-state index is 0.0181. The van der Waals surface area contributed by atoms with Crippen molar-refractivity contribution in [3.63, 3.8) is 0 Å². The summed E-state index contributed by atoms with van der Waals surface area (Å²) in [5.41, 5.74) is 0.967. The maximum absolute atomic E-state index is 4.71. The fraction of sp³-hybridized carbons (Fsp3) is 0.500. The van der Waals surface area contributed by atoms with Crippen LogP contribution in [0.3, 0.4) is 0 Å². The summed E-state index contributed by atoms with van der Waals surface area (Å²) in [4.78, 5) is 18.3. The monoisotopic (exact) mass is 326 g/mol. The number of aryl methyl sites for hydroxylation is 1. The van der Waals surface area contributed by atoms with E-state index in [0.717, 1.165) is 49.5 Å². The minimum atomic E-state index is -0.0181. The van der Waals surface area contributed by atoms with Crippen LogP contribution < -0.4 is 15.1 Å². The van der Waals surface area contributed by atoms with Crippen molar-refractivity contribution in [1.29, 1.82) is 0 Å². The highest BCUT2D eigenvalue weighted by molar-refractivity contribution is 5.47. The van der Waals surface area contributed by atoms with Crippen LogP contribution in [-0.4, -0.2) is 46.7 Å². The van der Waals surface area contributed by atoms with Gasteiger partial charge in [-0.1, -0.05) is 6.07 Å². The van der Waals surface area contributed by atoms with E-state index in [2.05, 4.69) is 51.9 Å². The first-order chi connectivity index (χ1) is 11.4. The summed E-state index contributed by atoms with van der Waals surface area (Å²) in [6.45, 7) is 12.1. The van der Waals surface area contributed by atoms with Crippen LogP contribution in [0, 0.1) is 6.92 Å². The Morgan fingerprint density at radius 2 is 1.71 bits per heavy atom. The summed E-state index contributed by atoms with van der Waals surface area (Å²) in [6, 6.07) is 8.04. The zero-order chi connectivity index (χ0) is 17.2.